The van der Waals surface area contributed by atoms with Gasteiger partial charge >= 0.3 is 5.69 Å². The van der Waals surface area contributed by atoms with E-state index in [-0.39, 0.29) is 11.4 Å². The summed E-state index contributed by atoms with van der Waals surface area (Å²) < 4.78 is 15.9. The van der Waals surface area contributed by atoms with Crippen LogP contribution in [0, 0.1) is 10.1 Å². The minimum Gasteiger partial charge on any atom is -0.497 e. The normalized spacial score (nSPS) is 10.7. The molecule has 0 aliphatic carbocycles. The molecule has 0 unspecified atom stereocenters. The zero-order chi connectivity index (χ0) is 18.0. The van der Waals surface area contributed by atoms with Crippen LogP contribution in [0.3, 0.4) is 0 Å². The Kier molecular flexibility index (Phi) is 4.42. The fourth-order valence-electron chi connectivity index (χ4n) is 2.58. The summed E-state index contributed by atoms with van der Waals surface area (Å²) in [7, 11) is 2.96. The summed E-state index contributed by atoms with van der Waals surface area (Å²) in [6.07, 6.45) is 0. The molecule has 8 heteroatoms. The highest BCUT2D eigenvalue weighted by Crippen LogP contribution is 2.41. The van der Waals surface area contributed by atoms with E-state index in [0.29, 0.717) is 29.5 Å². The van der Waals surface area contributed by atoms with Crippen LogP contribution in [0.15, 0.2) is 30.3 Å². The summed E-state index contributed by atoms with van der Waals surface area (Å²) in [5.41, 5.74) is 1.85. The lowest BCUT2D eigenvalue weighted by atomic mass is 10.1. The van der Waals surface area contributed by atoms with Gasteiger partial charge in [0, 0.05) is 17.7 Å². The number of nitro benzene ring substituents is 1. The molecule has 25 heavy (non-hydrogen) atoms. The van der Waals surface area contributed by atoms with Gasteiger partial charge in [-0.25, -0.2) is 4.98 Å². The Morgan fingerprint density at radius 1 is 1.20 bits per heavy atom. The third-order valence-electron chi connectivity index (χ3n) is 3.70. The van der Waals surface area contributed by atoms with Crippen molar-refractivity contribution in [3.8, 4) is 28.6 Å². The summed E-state index contributed by atoms with van der Waals surface area (Å²) in [5, 5.41) is 11.4. The number of aromatic nitrogens is 2. The predicted octanol–water partition coefficient (Wildman–Crippen LogP) is 3.55. The van der Waals surface area contributed by atoms with E-state index in [1.165, 1.54) is 13.2 Å². The molecule has 0 aliphatic heterocycles. The number of benzene rings is 2. The molecular formula is C17H17N3O5. The Labute approximate surface area is 143 Å². The van der Waals surface area contributed by atoms with Crippen molar-refractivity contribution in [1.82, 2.24) is 9.97 Å². The Balaban J connectivity index is 2.17. The first-order chi connectivity index (χ1) is 12.1. The quantitative estimate of drug-likeness (QED) is 0.543. The van der Waals surface area contributed by atoms with Crippen LogP contribution in [-0.2, 0) is 0 Å². The Hall–Kier alpha value is -3.29. The van der Waals surface area contributed by atoms with Gasteiger partial charge in [0.05, 0.1) is 36.8 Å². The number of imidazole rings is 1. The van der Waals surface area contributed by atoms with Crippen LogP contribution in [0.25, 0.3) is 22.4 Å². The zero-order valence-electron chi connectivity index (χ0n) is 14.0. The number of nitro groups is 1. The molecule has 0 fully saturated rings. The van der Waals surface area contributed by atoms with Crippen molar-refractivity contribution < 1.29 is 19.1 Å². The van der Waals surface area contributed by atoms with Crippen molar-refractivity contribution in [2.24, 2.45) is 0 Å². The maximum atomic E-state index is 11.4. The fourth-order valence-corrected chi connectivity index (χ4v) is 2.58. The minimum absolute atomic E-state index is 0.0911. The van der Waals surface area contributed by atoms with Crippen molar-refractivity contribution in [2.75, 3.05) is 20.8 Å². The molecule has 0 aliphatic rings. The number of ether oxygens (including phenoxy) is 3. The monoisotopic (exact) mass is 343 g/mol. The molecule has 0 amide bonds. The second kappa shape index (κ2) is 6.68. The van der Waals surface area contributed by atoms with Crippen LogP contribution in [-0.4, -0.2) is 35.7 Å². The molecule has 0 spiro atoms. The molecule has 130 valence electrons. The third-order valence-corrected chi connectivity index (χ3v) is 3.70. The maximum Gasteiger partial charge on any atom is 0.315 e. The van der Waals surface area contributed by atoms with Gasteiger partial charge in [-0.3, -0.25) is 10.1 Å². The van der Waals surface area contributed by atoms with E-state index >= 15 is 0 Å². The molecule has 0 saturated heterocycles. The molecule has 0 saturated carbocycles. The van der Waals surface area contributed by atoms with Crippen LogP contribution >= 0.6 is 0 Å². The lowest BCUT2D eigenvalue weighted by Crippen LogP contribution is -2.00. The number of fused-ring (bicyclic) bond motifs is 1. The minimum atomic E-state index is -0.503. The average Bonchev–Trinajstić information content (AvgIpc) is 3.04. The Morgan fingerprint density at radius 3 is 2.64 bits per heavy atom. The molecule has 2 aromatic carbocycles. The van der Waals surface area contributed by atoms with Crippen molar-refractivity contribution in [1.29, 1.82) is 0 Å². The van der Waals surface area contributed by atoms with Crippen LogP contribution in [0.1, 0.15) is 6.92 Å². The van der Waals surface area contributed by atoms with Crippen molar-refractivity contribution in [3.05, 3.63) is 40.4 Å². The first-order valence-electron chi connectivity index (χ1n) is 7.60. The molecule has 3 rings (SSSR count). The molecule has 1 N–H and O–H groups in total. The summed E-state index contributed by atoms with van der Waals surface area (Å²) in [6, 6.07) is 8.51. The first-order valence-corrected chi connectivity index (χ1v) is 7.60. The van der Waals surface area contributed by atoms with E-state index in [9.17, 15) is 10.1 Å². The van der Waals surface area contributed by atoms with Gasteiger partial charge in [-0.1, -0.05) is 0 Å². The third kappa shape index (κ3) is 3.06. The number of methoxy groups -OCH3 is 2. The standard InChI is InChI=1S/C17H17N3O5/c1-4-25-15-8-10(7-14(20(21)22)16(15)24-3)17-18-12-6-5-11(23-2)9-13(12)19-17/h5-9H,4H2,1-3H3,(H,18,19). The average molecular weight is 343 g/mol. The zero-order valence-corrected chi connectivity index (χ0v) is 14.0. The molecule has 8 nitrogen and oxygen atoms in total. The van der Waals surface area contributed by atoms with Gasteiger partial charge in [0.1, 0.15) is 11.6 Å². The van der Waals surface area contributed by atoms with E-state index in [1.54, 1.807) is 26.2 Å². The highest BCUT2D eigenvalue weighted by Gasteiger charge is 2.23. The van der Waals surface area contributed by atoms with E-state index in [4.69, 9.17) is 14.2 Å². The highest BCUT2D eigenvalue weighted by molar-refractivity contribution is 5.82. The molecule has 1 heterocycles. The molecule has 1 aromatic heterocycles. The highest BCUT2D eigenvalue weighted by atomic mass is 16.6. The number of hydrogen-bond donors (Lipinski definition) is 1. The molecule has 0 bridgehead atoms. The Bertz CT molecular complexity index is 935. The smallest absolute Gasteiger partial charge is 0.315 e. The number of hydrogen-bond acceptors (Lipinski definition) is 6. The second-order valence-electron chi connectivity index (χ2n) is 5.19. The van der Waals surface area contributed by atoms with Gasteiger partial charge in [0.15, 0.2) is 5.75 Å². The summed E-state index contributed by atoms with van der Waals surface area (Å²) in [6.45, 7) is 2.15. The Morgan fingerprint density at radius 2 is 2.00 bits per heavy atom. The molecule has 0 atom stereocenters. The summed E-state index contributed by atoms with van der Waals surface area (Å²) in [4.78, 5) is 18.5. The van der Waals surface area contributed by atoms with Crippen LogP contribution in [0.5, 0.6) is 17.2 Å². The van der Waals surface area contributed by atoms with Gasteiger partial charge in [-0.05, 0) is 25.1 Å². The lowest BCUT2D eigenvalue weighted by molar-refractivity contribution is -0.385. The molecule has 0 radical (unpaired) electrons. The fraction of sp³-hybridized carbons (Fsp3) is 0.235. The number of H-pyrrole nitrogens is 1. The summed E-state index contributed by atoms with van der Waals surface area (Å²) in [5.74, 6) is 1.58. The maximum absolute atomic E-state index is 11.4. The van der Waals surface area contributed by atoms with Crippen molar-refractivity contribution >= 4 is 16.7 Å². The van der Waals surface area contributed by atoms with Gasteiger partial charge in [-0.2, -0.15) is 0 Å². The van der Waals surface area contributed by atoms with Crippen LogP contribution in [0.2, 0.25) is 0 Å². The number of nitrogens with one attached hydrogen (secondary N) is 1. The van der Waals surface area contributed by atoms with Crippen LogP contribution < -0.4 is 14.2 Å². The van der Waals surface area contributed by atoms with Crippen LogP contribution in [0.4, 0.5) is 5.69 Å². The largest absolute Gasteiger partial charge is 0.497 e. The molecule has 3 aromatic rings. The first kappa shape index (κ1) is 16.6. The molecular weight excluding hydrogens is 326 g/mol. The number of nitrogens with zero attached hydrogens (tertiary/aromatic N) is 2. The van der Waals surface area contributed by atoms with E-state index in [1.807, 2.05) is 12.1 Å². The lowest BCUT2D eigenvalue weighted by Gasteiger charge is -2.11. The number of aromatic amines is 1. The second-order valence-corrected chi connectivity index (χ2v) is 5.19. The van der Waals surface area contributed by atoms with Gasteiger partial charge in [0.2, 0.25) is 5.75 Å². The number of rotatable bonds is 6. The topological polar surface area (TPSA) is 99.5 Å². The summed E-state index contributed by atoms with van der Waals surface area (Å²) >= 11 is 0. The van der Waals surface area contributed by atoms with E-state index < -0.39 is 4.92 Å². The van der Waals surface area contributed by atoms with E-state index in [0.717, 1.165) is 11.0 Å². The van der Waals surface area contributed by atoms with Gasteiger partial charge in [-0.15, -0.1) is 0 Å². The SMILES string of the molecule is CCOc1cc(-c2nc3ccc(OC)cc3[nH]2)cc([N+](=O)[O-])c1OC. The van der Waals surface area contributed by atoms with Gasteiger partial charge in [0.25, 0.3) is 0 Å². The predicted molar refractivity (Wildman–Crippen MR) is 92.5 cm³/mol. The van der Waals surface area contributed by atoms with Gasteiger partial charge < -0.3 is 19.2 Å². The van der Waals surface area contributed by atoms with E-state index in [2.05, 4.69) is 9.97 Å². The van der Waals surface area contributed by atoms with Crippen molar-refractivity contribution in [2.45, 2.75) is 6.92 Å². The van der Waals surface area contributed by atoms with Crippen molar-refractivity contribution in [3.63, 3.8) is 0 Å².